The summed E-state index contributed by atoms with van der Waals surface area (Å²) in [5.74, 6) is 0.376. The van der Waals surface area contributed by atoms with Crippen molar-refractivity contribution in [3.05, 3.63) is 23.8 Å². The number of carboxylic acid groups (broad SMARTS) is 1. The van der Waals surface area contributed by atoms with E-state index in [2.05, 4.69) is 5.32 Å². The van der Waals surface area contributed by atoms with Crippen LogP contribution in [-0.4, -0.2) is 54.7 Å². The summed E-state index contributed by atoms with van der Waals surface area (Å²) in [5, 5.41) is 11.7. The second kappa shape index (κ2) is 8.01. The van der Waals surface area contributed by atoms with Gasteiger partial charge in [0.25, 0.3) is 0 Å². The smallest absolute Gasteiger partial charge is 0.304 e. The Bertz CT molecular complexity index is 605. The number of carbonyl (C=O) groups is 2. The van der Waals surface area contributed by atoms with E-state index in [1.807, 2.05) is 25.1 Å². The summed E-state index contributed by atoms with van der Waals surface area (Å²) >= 11 is 0. The van der Waals surface area contributed by atoms with Gasteiger partial charge in [-0.2, -0.15) is 0 Å². The van der Waals surface area contributed by atoms with E-state index in [9.17, 15) is 9.59 Å². The lowest BCUT2D eigenvalue weighted by Gasteiger charge is -2.26. The summed E-state index contributed by atoms with van der Waals surface area (Å²) in [6.07, 6.45) is 0.00579. The summed E-state index contributed by atoms with van der Waals surface area (Å²) in [6.45, 7) is 5.03. The van der Waals surface area contributed by atoms with Crippen molar-refractivity contribution in [2.45, 2.75) is 32.4 Å². The van der Waals surface area contributed by atoms with Crippen molar-refractivity contribution in [3.8, 4) is 11.5 Å². The molecule has 0 saturated carbocycles. The van der Waals surface area contributed by atoms with Crippen molar-refractivity contribution in [1.29, 1.82) is 0 Å². The van der Waals surface area contributed by atoms with E-state index in [0.717, 1.165) is 5.56 Å². The molecule has 2 atom stereocenters. The number of likely N-dealkylation sites (N-methyl/N-ethyl adjacent to an activating group) is 1. The predicted molar refractivity (Wildman–Crippen MR) is 88.3 cm³/mol. The SMILES string of the molecule is CC(NC(=O)C(C)N(C)CCC(=O)O)c1ccc2c(c1)OCCO2. The van der Waals surface area contributed by atoms with E-state index in [0.29, 0.717) is 31.3 Å². The lowest BCUT2D eigenvalue weighted by atomic mass is 10.1. The van der Waals surface area contributed by atoms with Crippen LogP contribution in [0.5, 0.6) is 11.5 Å². The minimum atomic E-state index is -0.876. The molecular weight excluding hydrogens is 312 g/mol. The van der Waals surface area contributed by atoms with Crippen molar-refractivity contribution in [1.82, 2.24) is 10.2 Å². The standard InChI is InChI=1S/C17H24N2O5/c1-11(13-4-5-14-15(10-13)24-9-8-23-14)18-17(22)12(2)19(3)7-6-16(20)21/h4-5,10-12H,6-9H2,1-3H3,(H,18,22)(H,20,21). The Morgan fingerprint density at radius 1 is 1.25 bits per heavy atom. The highest BCUT2D eigenvalue weighted by molar-refractivity contribution is 5.81. The average Bonchev–Trinajstić information content (AvgIpc) is 2.58. The van der Waals surface area contributed by atoms with Crippen LogP contribution < -0.4 is 14.8 Å². The first-order valence-electron chi connectivity index (χ1n) is 8.00. The van der Waals surface area contributed by atoms with Gasteiger partial charge in [0.05, 0.1) is 18.5 Å². The van der Waals surface area contributed by atoms with Gasteiger partial charge < -0.3 is 19.9 Å². The third-order valence-electron chi connectivity index (χ3n) is 4.14. The van der Waals surface area contributed by atoms with Crippen LogP contribution in [0.15, 0.2) is 18.2 Å². The number of hydrogen-bond donors (Lipinski definition) is 2. The van der Waals surface area contributed by atoms with Gasteiger partial charge in [-0.3, -0.25) is 14.5 Å². The normalized spacial score (nSPS) is 15.7. The molecule has 2 unspecified atom stereocenters. The molecule has 1 aliphatic heterocycles. The molecule has 0 radical (unpaired) electrons. The fourth-order valence-corrected chi connectivity index (χ4v) is 2.41. The monoisotopic (exact) mass is 336 g/mol. The number of nitrogens with zero attached hydrogens (tertiary/aromatic N) is 1. The maximum atomic E-state index is 12.3. The minimum Gasteiger partial charge on any atom is -0.486 e. The third-order valence-corrected chi connectivity index (χ3v) is 4.14. The lowest BCUT2D eigenvalue weighted by molar-refractivity contribution is -0.138. The largest absolute Gasteiger partial charge is 0.486 e. The molecule has 24 heavy (non-hydrogen) atoms. The Balaban J connectivity index is 1.94. The van der Waals surface area contributed by atoms with Gasteiger partial charge >= 0.3 is 5.97 Å². The summed E-state index contributed by atoms with van der Waals surface area (Å²) in [5.41, 5.74) is 0.924. The van der Waals surface area contributed by atoms with Crippen molar-refractivity contribution in [2.75, 3.05) is 26.8 Å². The number of aliphatic carboxylic acids is 1. The molecule has 2 N–H and O–H groups in total. The van der Waals surface area contributed by atoms with Crippen LogP contribution >= 0.6 is 0 Å². The lowest BCUT2D eigenvalue weighted by Crippen LogP contribution is -2.44. The Morgan fingerprint density at radius 3 is 2.58 bits per heavy atom. The van der Waals surface area contributed by atoms with E-state index in [1.54, 1.807) is 18.9 Å². The molecule has 1 aromatic rings. The topological polar surface area (TPSA) is 88.1 Å². The molecule has 1 amide bonds. The number of fused-ring (bicyclic) bond motifs is 1. The molecular formula is C17H24N2O5. The van der Waals surface area contributed by atoms with Gasteiger partial charge in [0.2, 0.25) is 5.91 Å². The number of benzene rings is 1. The third kappa shape index (κ3) is 4.61. The molecule has 2 rings (SSSR count). The first-order chi connectivity index (χ1) is 11.4. The van der Waals surface area contributed by atoms with Gasteiger partial charge in [-0.25, -0.2) is 0 Å². The summed E-state index contributed by atoms with van der Waals surface area (Å²) < 4.78 is 11.0. The van der Waals surface area contributed by atoms with Crippen LogP contribution in [0.2, 0.25) is 0 Å². The van der Waals surface area contributed by atoms with Crippen LogP contribution in [0, 0.1) is 0 Å². The van der Waals surface area contributed by atoms with Crippen LogP contribution in [0.3, 0.4) is 0 Å². The van der Waals surface area contributed by atoms with E-state index in [4.69, 9.17) is 14.6 Å². The number of carbonyl (C=O) groups excluding carboxylic acids is 1. The minimum absolute atomic E-state index is 0.00579. The van der Waals surface area contributed by atoms with Crippen LogP contribution in [0.4, 0.5) is 0 Å². The summed E-state index contributed by atoms with van der Waals surface area (Å²) in [6, 6.07) is 5.01. The second-order valence-corrected chi connectivity index (χ2v) is 5.93. The van der Waals surface area contributed by atoms with Crippen LogP contribution in [-0.2, 0) is 9.59 Å². The van der Waals surface area contributed by atoms with Crippen LogP contribution in [0.1, 0.15) is 31.9 Å². The quantitative estimate of drug-likeness (QED) is 0.783. The van der Waals surface area contributed by atoms with E-state index in [-0.39, 0.29) is 18.4 Å². The van der Waals surface area contributed by atoms with E-state index in [1.165, 1.54) is 0 Å². The van der Waals surface area contributed by atoms with Gasteiger partial charge in [0, 0.05) is 6.54 Å². The number of hydrogen-bond acceptors (Lipinski definition) is 5. The van der Waals surface area contributed by atoms with Crippen LogP contribution in [0.25, 0.3) is 0 Å². The highest BCUT2D eigenvalue weighted by atomic mass is 16.6. The van der Waals surface area contributed by atoms with Gasteiger partial charge in [0.1, 0.15) is 13.2 Å². The molecule has 0 saturated heterocycles. The molecule has 1 heterocycles. The van der Waals surface area contributed by atoms with Gasteiger partial charge in [-0.05, 0) is 38.6 Å². The highest BCUT2D eigenvalue weighted by Gasteiger charge is 2.21. The molecule has 0 fully saturated rings. The van der Waals surface area contributed by atoms with Gasteiger partial charge in [0.15, 0.2) is 11.5 Å². The molecule has 7 nitrogen and oxygen atoms in total. The zero-order chi connectivity index (χ0) is 17.7. The van der Waals surface area contributed by atoms with Crippen molar-refractivity contribution >= 4 is 11.9 Å². The zero-order valence-corrected chi connectivity index (χ0v) is 14.2. The first-order valence-corrected chi connectivity index (χ1v) is 8.00. The second-order valence-electron chi connectivity index (χ2n) is 5.93. The number of rotatable bonds is 7. The molecule has 132 valence electrons. The Kier molecular flexibility index (Phi) is 6.03. The highest BCUT2D eigenvalue weighted by Crippen LogP contribution is 2.32. The molecule has 1 aromatic carbocycles. The van der Waals surface area contributed by atoms with Gasteiger partial charge in [-0.1, -0.05) is 6.07 Å². The number of amides is 1. The molecule has 0 bridgehead atoms. The summed E-state index contributed by atoms with van der Waals surface area (Å²) in [4.78, 5) is 24.7. The van der Waals surface area contributed by atoms with E-state index >= 15 is 0 Å². The van der Waals surface area contributed by atoms with Crippen molar-refractivity contribution in [2.24, 2.45) is 0 Å². The number of ether oxygens (including phenoxy) is 2. The fraction of sp³-hybridized carbons (Fsp3) is 0.529. The Hall–Kier alpha value is -2.28. The van der Waals surface area contributed by atoms with E-state index < -0.39 is 12.0 Å². The number of carboxylic acids is 1. The molecule has 0 spiro atoms. The summed E-state index contributed by atoms with van der Waals surface area (Å²) in [7, 11) is 1.74. The maximum Gasteiger partial charge on any atom is 0.304 e. The Morgan fingerprint density at radius 2 is 1.92 bits per heavy atom. The van der Waals surface area contributed by atoms with Gasteiger partial charge in [-0.15, -0.1) is 0 Å². The predicted octanol–water partition coefficient (Wildman–Crippen LogP) is 1.43. The molecule has 0 aliphatic carbocycles. The first kappa shape index (κ1) is 18.1. The maximum absolute atomic E-state index is 12.3. The number of nitrogens with one attached hydrogen (secondary N) is 1. The zero-order valence-electron chi connectivity index (χ0n) is 14.2. The Labute approximate surface area is 141 Å². The molecule has 0 aromatic heterocycles. The average molecular weight is 336 g/mol. The van der Waals surface area contributed by atoms with Crippen molar-refractivity contribution < 1.29 is 24.2 Å². The molecule has 7 heteroatoms. The van der Waals surface area contributed by atoms with Crippen molar-refractivity contribution in [3.63, 3.8) is 0 Å². The molecule has 1 aliphatic rings. The fourth-order valence-electron chi connectivity index (χ4n) is 2.41.